The number of anilines is 1. The third-order valence-electron chi connectivity index (χ3n) is 5.33. The van der Waals surface area contributed by atoms with Gasteiger partial charge in [0.1, 0.15) is 12.2 Å². The number of fused-ring (bicyclic) bond motifs is 2. The molecule has 158 valence electrons. The summed E-state index contributed by atoms with van der Waals surface area (Å²) in [5.74, 6) is 5.90. The van der Waals surface area contributed by atoms with E-state index in [4.69, 9.17) is 0 Å². The van der Waals surface area contributed by atoms with E-state index in [-0.39, 0.29) is 17.9 Å². The largest absolute Gasteiger partial charge is 0.331 e. The normalized spacial score (nSPS) is 10.5. The van der Waals surface area contributed by atoms with Crippen LogP contribution in [0, 0.1) is 11.8 Å². The summed E-state index contributed by atoms with van der Waals surface area (Å²) in [6.45, 7) is 0.0746. The van der Waals surface area contributed by atoms with Gasteiger partial charge in [-0.05, 0) is 60.5 Å². The minimum Gasteiger partial charge on any atom is -0.331 e. The van der Waals surface area contributed by atoms with Gasteiger partial charge in [-0.2, -0.15) is 0 Å². The van der Waals surface area contributed by atoms with Gasteiger partial charge in [-0.15, -0.1) is 0 Å². The molecule has 0 unspecified atom stereocenters. The van der Waals surface area contributed by atoms with Crippen LogP contribution in [0.4, 0.5) is 5.69 Å². The molecule has 0 aliphatic rings. The Balaban J connectivity index is 1.44. The average Bonchev–Trinajstić information content (AvgIpc) is 2.86. The van der Waals surface area contributed by atoms with E-state index in [0.717, 1.165) is 16.6 Å². The van der Waals surface area contributed by atoms with Crippen LogP contribution in [-0.2, 0) is 11.3 Å². The first-order valence-electron chi connectivity index (χ1n) is 10.5. The fourth-order valence-electron chi connectivity index (χ4n) is 3.84. The average molecular weight is 429 g/mol. The van der Waals surface area contributed by atoms with Gasteiger partial charge in [0.2, 0.25) is 5.91 Å². The second-order valence-electron chi connectivity index (χ2n) is 7.54. The predicted molar refractivity (Wildman–Crippen MR) is 131 cm³/mol. The Labute approximate surface area is 190 Å². The molecule has 0 radical (unpaired) electrons. The molecule has 5 rings (SSSR count). The zero-order valence-corrected chi connectivity index (χ0v) is 17.7. The molecule has 0 fully saturated rings. The van der Waals surface area contributed by atoms with Crippen molar-refractivity contribution in [3.63, 3.8) is 0 Å². The van der Waals surface area contributed by atoms with Crippen molar-refractivity contribution in [1.82, 2.24) is 9.55 Å². The Kier molecular flexibility index (Phi) is 5.40. The van der Waals surface area contributed by atoms with Crippen LogP contribution in [0.1, 0.15) is 11.3 Å². The second-order valence-corrected chi connectivity index (χ2v) is 7.54. The Morgan fingerprint density at radius 2 is 1.52 bits per heavy atom. The number of pyridine rings is 2. The molecule has 2 aromatic heterocycles. The van der Waals surface area contributed by atoms with Crippen molar-refractivity contribution in [1.29, 1.82) is 0 Å². The summed E-state index contributed by atoms with van der Waals surface area (Å²) in [4.78, 5) is 30.1. The predicted octanol–water partition coefficient (Wildman–Crippen LogP) is 4.59. The molecule has 1 amide bonds. The fraction of sp³-hybridized carbons (Fsp3) is 0.0357. The van der Waals surface area contributed by atoms with Gasteiger partial charge in [0.05, 0.1) is 11.0 Å². The molecule has 3 aromatic carbocycles. The molecular weight excluding hydrogens is 410 g/mol. The van der Waals surface area contributed by atoms with Crippen molar-refractivity contribution in [2.75, 3.05) is 5.32 Å². The molecule has 0 bridgehead atoms. The van der Waals surface area contributed by atoms with Gasteiger partial charge in [0.15, 0.2) is 5.43 Å². The standard InChI is InChI=1S/C28H19N3O2/c32-27(30-22-10-7-8-20(18-22)15-16-21-9-5-6-17-29-21)19-31-25-13-3-1-11-23(25)28(33)24-12-2-4-14-26(24)31/h1-14,17-18H,19H2,(H,30,32). The van der Waals surface area contributed by atoms with E-state index in [1.165, 1.54) is 0 Å². The van der Waals surface area contributed by atoms with E-state index in [2.05, 4.69) is 22.1 Å². The molecule has 0 atom stereocenters. The molecule has 0 spiro atoms. The first-order chi connectivity index (χ1) is 16.2. The lowest BCUT2D eigenvalue weighted by molar-refractivity contribution is -0.116. The summed E-state index contributed by atoms with van der Waals surface area (Å²) in [5.41, 5.74) is 3.54. The molecule has 0 aliphatic carbocycles. The smallest absolute Gasteiger partial charge is 0.244 e. The van der Waals surface area contributed by atoms with Crippen molar-refractivity contribution >= 4 is 33.4 Å². The number of carbonyl (C=O) groups excluding carboxylic acids is 1. The number of carbonyl (C=O) groups is 1. The van der Waals surface area contributed by atoms with Crippen LogP contribution in [0.15, 0.2) is 102 Å². The molecule has 33 heavy (non-hydrogen) atoms. The number of aromatic nitrogens is 2. The number of nitrogens with zero attached hydrogens (tertiary/aromatic N) is 2. The molecule has 5 heteroatoms. The fourth-order valence-corrected chi connectivity index (χ4v) is 3.84. The van der Waals surface area contributed by atoms with Gasteiger partial charge in [-0.25, -0.2) is 4.98 Å². The number of hydrogen-bond acceptors (Lipinski definition) is 3. The van der Waals surface area contributed by atoms with E-state index < -0.39 is 0 Å². The lowest BCUT2D eigenvalue weighted by atomic mass is 10.1. The minimum absolute atomic E-state index is 0.0305. The number of rotatable bonds is 3. The highest BCUT2D eigenvalue weighted by Gasteiger charge is 2.13. The van der Waals surface area contributed by atoms with Gasteiger partial charge in [0.25, 0.3) is 0 Å². The third-order valence-corrected chi connectivity index (χ3v) is 5.33. The van der Waals surface area contributed by atoms with E-state index in [0.29, 0.717) is 22.2 Å². The molecule has 0 saturated heterocycles. The van der Waals surface area contributed by atoms with Gasteiger partial charge < -0.3 is 9.88 Å². The molecular formula is C28H19N3O2. The summed E-state index contributed by atoms with van der Waals surface area (Å²) >= 11 is 0. The molecule has 5 nitrogen and oxygen atoms in total. The van der Waals surface area contributed by atoms with Crippen LogP contribution in [0.25, 0.3) is 21.8 Å². The Morgan fingerprint density at radius 1 is 0.818 bits per heavy atom. The van der Waals surface area contributed by atoms with Crippen LogP contribution in [0.5, 0.6) is 0 Å². The SMILES string of the molecule is O=C(Cn1c2ccccc2c(=O)c2ccccc21)Nc1cccc(C#Cc2ccccn2)c1. The van der Waals surface area contributed by atoms with Crippen molar-refractivity contribution in [3.8, 4) is 11.8 Å². The van der Waals surface area contributed by atoms with E-state index in [1.54, 1.807) is 18.3 Å². The topological polar surface area (TPSA) is 64.0 Å². The summed E-state index contributed by atoms with van der Waals surface area (Å²) in [6, 6.07) is 27.7. The maximum Gasteiger partial charge on any atom is 0.244 e. The highest BCUT2D eigenvalue weighted by Crippen LogP contribution is 2.19. The Hall–Kier alpha value is -4.69. The van der Waals surface area contributed by atoms with E-state index in [9.17, 15) is 9.59 Å². The van der Waals surface area contributed by atoms with Crippen molar-refractivity contribution < 1.29 is 4.79 Å². The lowest BCUT2D eigenvalue weighted by Crippen LogP contribution is -2.21. The molecule has 0 aliphatic heterocycles. The number of benzene rings is 3. The summed E-state index contributed by atoms with van der Waals surface area (Å²) in [6.07, 6.45) is 1.70. The second kappa shape index (κ2) is 8.81. The molecule has 2 heterocycles. The van der Waals surface area contributed by atoms with Crippen molar-refractivity contribution in [2.24, 2.45) is 0 Å². The van der Waals surface area contributed by atoms with Gasteiger partial charge >= 0.3 is 0 Å². The molecule has 0 saturated carbocycles. The van der Waals surface area contributed by atoms with Crippen LogP contribution >= 0.6 is 0 Å². The maximum atomic E-state index is 13.0. The summed E-state index contributed by atoms with van der Waals surface area (Å²) in [7, 11) is 0. The highest BCUT2D eigenvalue weighted by molar-refractivity contribution is 5.97. The lowest BCUT2D eigenvalue weighted by Gasteiger charge is -2.15. The van der Waals surface area contributed by atoms with Crippen LogP contribution in [0.2, 0.25) is 0 Å². The number of amides is 1. The van der Waals surface area contributed by atoms with Crippen LogP contribution < -0.4 is 10.7 Å². The minimum atomic E-state index is -0.191. The number of hydrogen-bond donors (Lipinski definition) is 1. The number of nitrogens with one attached hydrogen (secondary N) is 1. The van der Waals surface area contributed by atoms with Gasteiger partial charge in [-0.3, -0.25) is 9.59 Å². The maximum absolute atomic E-state index is 13.0. The third kappa shape index (κ3) is 4.23. The quantitative estimate of drug-likeness (QED) is 0.337. The van der Waals surface area contributed by atoms with Crippen LogP contribution in [0.3, 0.4) is 0 Å². The Bertz CT molecular complexity index is 1550. The monoisotopic (exact) mass is 429 g/mol. The number of para-hydroxylation sites is 2. The highest BCUT2D eigenvalue weighted by atomic mass is 16.2. The zero-order valence-electron chi connectivity index (χ0n) is 17.7. The summed E-state index contributed by atoms with van der Waals surface area (Å²) in [5, 5.41) is 4.14. The molecule has 5 aromatic rings. The van der Waals surface area contributed by atoms with Gasteiger partial charge in [-0.1, -0.05) is 42.3 Å². The first kappa shape index (κ1) is 20.2. The Morgan fingerprint density at radius 3 is 2.21 bits per heavy atom. The van der Waals surface area contributed by atoms with E-state index in [1.807, 2.05) is 83.4 Å². The summed E-state index contributed by atoms with van der Waals surface area (Å²) < 4.78 is 1.88. The van der Waals surface area contributed by atoms with E-state index >= 15 is 0 Å². The van der Waals surface area contributed by atoms with Crippen molar-refractivity contribution in [3.05, 3.63) is 119 Å². The zero-order chi connectivity index (χ0) is 22.6. The van der Waals surface area contributed by atoms with Crippen molar-refractivity contribution in [2.45, 2.75) is 6.54 Å². The first-order valence-corrected chi connectivity index (χ1v) is 10.5. The van der Waals surface area contributed by atoms with Crippen LogP contribution in [-0.4, -0.2) is 15.5 Å². The molecule has 1 N–H and O–H groups in total. The van der Waals surface area contributed by atoms with Gasteiger partial charge in [0, 0.05) is 28.2 Å².